The first-order valence-corrected chi connectivity index (χ1v) is 8.50. The smallest absolute Gasteiger partial charge is 0.271 e. The van der Waals surface area contributed by atoms with E-state index in [1.807, 2.05) is 0 Å². The molecule has 0 aliphatic rings. The molecule has 0 radical (unpaired) electrons. The number of anilines is 1. The normalized spacial score (nSPS) is 11.5. The molecule has 18 heavy (non-hydrogen) atoms. The van der Waals surface area contributed by atoms with Crippen LogP contribution in [0, 0.1) is 5.82 Å². The van der Waals surface area contributed by atoms with Crippen molar-refractivity contribution in [3.8, 4) is 0 Å². The van der Waals surface area contributed by atoms with E-state index in [4.69, 9.17) is 0 Å². The number of nitrogens with one attached hydrogen (secondary N) is 1. The molecular weight excluding hydrogens is 409 g/mol. The van der Waals surface area contributed by atoms with Crippen LogP contribution in [0.2, 0.25) is 0 Å². The molecule has 1 aromatic carbocycles. The molecule has 2 aromatic rings. The largest absolute Gasteiger partial charge is 0.276 e. The Bertz CT molecular complexity index is 685. The van der Waals surface area contributed by atoms with E-state index in [2.05, 4.69) is 36.6 Å². The topological polar surface area (TPSA) is 46.2 Å². The third kappa shape index (κ3) is 3.11. The van der Waals surface area contributed by atoms with E-state index in [9.17, 15) is 12.8 Å². The van der Waals surface area contributed by atoms with E-state index in [1.54, 1.807) is 6.07 Å². The summed E-state index contributed by atoms with van der Waals surface area (Å²) >= 11 is 7.39. The molecule has 1 heterocycles. The van der Waals surface area contributed by atoms with Gasteiger partial charge in [-0.3, -0.25) is 4.72 Å². The summed E-state index contributed by atoms with van der Waals surface area (Å²) in [5.41, 5.74) is -0.0890. The highest BCUT2D eigenvalue weighted by Crippen LogP contribution is 2.29. The van der Waals surface area contributed by atoms with Crippen LogP contribution in [-0.2, 0) is 10.0 Å². The summed E-state index contributed by atoms with van der Waals surface area (Å²) in [7, 11) is -3.75. The molecule has 1 aromatic heterocycles. The van der Waals surface area contributed by atoms with Crippen LogP contribution in [0.25, 0.3) is 0 Å². The van der Waals surface area contributed by atoms with Crippen LogP contribution in [-0.4, -0.2) is 8.42 Å². The molecule has 0 unspecified atom stereocenters. The van der Waals surface area contributed by atoms with Gasteiger partial charge >= 0.3 is 0 Å². The summed E-state index contributed by atoms with van der Waals surface area (Å²) in [6.45, 7) is 0. The molecule has 3 nitrogen and oxygen atoms in total. The SMILES string of the molecule is O=S(=O)(Nc1cc(Br)ccc1F)c1ccc(Br)s1. The Morgan fingerprint density at radius 2 is 1.89 bits per heavy atom. The average molecular weight is 415 g/mol. The fraction of sp³-hybridized carbons (Fsp3) is 0. The molecule has 1 N–H and O–H groups in total. The molecule has 0 saturated carbocycles. The van der Waals surface area contributed by atoms with Gasteiger partial charge in [0.15, 0.2) is 0 Å². The van der Waals surface area contributed by atoms with Crippen LogP contribution in [0.4, 0.5) is 10.1 Å². The molecule has 0 aliphatic carbocycles. The highest BCUT2D eigenvalue weighted by Gasteiger charge is 2.18. The Kier molecular flexibility index (Phi) is 4.10. The van der Waals surface area contributed by atoms with Crippen LogP contribution >= 0.6 is 43.2 Å². The minimum absolute atomic E-state index is 0.0890. The van der Waals surface area contributed by atoms with Gasteiger partial charge in [-0.15, -0.1) is 11.3 Å². The Labute approximate surface area is 124 Å². The summed E-state index contributed by atoms with van der Waals surface area (Å²) in [5, 5.41) is 0. The van der Waals surface area contributed by atoms with Gasteiger partial charge in [-0.25, -0.2) is 12.8 Å². The monoisotopic (exact) mass is 413 g/mol. The Balaban J connectivity index is 2.36. The number of sulfonamides is 1. The highest BCUT2D eigenvalue weighted by atomic mass is 79.9. The fourth-order valence-corrected chi connectivity index (χ4v) is 4.64. The molecule has 8 heteroatoms. The number of thiophene rings is 1. The zero-order valence-electron chi connectivity index (χ0n) is 8.65. The van der Waals surface area contributed by atoms with Crippen molar-refractivity contribution >= 4 is 58.9 Å². The molecule has 0 amide bonds. The minimum atomic E-state index is -3.75. The summed E-state index contributed by atoms with van der Waals surface area (Å²) in [4.78, 5) is 0. The Morgan fingerprint density at radius 1 is 1.17 bits per heavy atom. The lowest BCUT2D eigenvalue weighted by molar-refractivity contribution is 0.600. The zero-order chi connectivity index (χ0) is 13.3. The van der Waals surface area contributed by atoms with E-state index >= 15 is 0 Å². The quantitative estimate of drug-likeness (QED) is 0.817. The fourth-order valence-electron chi connectivity index (χ4n) is 1.21. The predicted molar refractivity (Wildman–Crippen MR) is 76.9 cm³/mol. The first-order valence-electron chi connectivity index (χ1n) is 4.62. The number of halogens is 3. The van der Waals surface area contributed by atoms with Crippen molar-refractivity contribution in [2.45, 2.75) is 4.21 Å². The van der Waals surface area contributed by atoms with Crippen molar-refractivity contribution < 1.29 is 12.8 Å². The standard InChI is InChI=1S/C10H6Br2FNO2S2/c11-6-1-2-7(13)8(5-6)14-18(15,16)10-4-3-9(12)17-10/h1-5,14H. The number of rotatable bonds is 3. The van der Waals surface area contributed by atoms with Gasteiger partial charge in [0.05, 0.1) is 9.47 Å². The van der Waals surface area contributed by atoms with E-state index in [1.165, 1.54) is 24.3 Å². The van der Waals surface area contributed by atoms with Gasteiger partial charge in [0, 0.05) is 4.47 Å². The molecule has 0 atom stereocenters. The van der Waals surface area contributed by atoms with Crippen LogP contribution in [0.5, 0.6) is 0 Å². The molecule has 0 fully saturated rings. The molecule has 0 spiro atoms. The first kappa shape index (κ1) is 14.0. The van der Waals surface area contributed by atoms with Crippen molar-refractivity contribution in [2.75, 3.05) is 4.72 Å². The number of hydrogen-bond acceptors (Lipinski definition) is 3. The minimum Gasteiger partial charge on any atom is -0.276 e. The summed E-state index contributed by atoms with van der Waals surface area (Å²) in [5.74, 6) is -0.627. The second kappa shape index (κ2) is 5.28. The maximum atomic E-state index is 13.5. The third-order valence-corrected chi connectivity index (χ3v) is 5.96. The van der Waals surface area contributed by atoms with Crippen LogP contribution < -0.4 is 4.72 Å². The van der Waals surface area contributed by atoms with Gasteiger partial charge in [-0.1, -0.05) is 15.9 Å². The van der Waals surface area contributed by atoms with E-state index in [-0.39, 0.29) is 9.90 Å². The van der Waals surface area contributed by atoms with Gasteiger partial charge in [0.25, 0.3) is 10.0 Å². The third-order valence-electron chi connectivity index (χ3n) is 1.99. The lowest BCUT2D eigenvalue weighted by Gasteiger charge is -2.07. The van der Waals surface area contributed by atoms with E-state index in [0.29, 0.717) is 8.26 Å². The Hall–Kier alpha value is -0.440. The predicted octanol–water partition coefficient (Wildman–Crippen LogP) is 4.21. The van der Waals surface area contributed by atoms with Crippen molar-refractivity contribution in [3.63, 3.8) is 0 Å². The second-order valence-corrected chi connectivity index (χ2v) is 8.58. The maximum absolute atomic E-state index is 13.5. The van der Waals surface area contributed by atoms with E-state index < -0.39 is 15.8 Å². The average Bonchev–Trinajstić information content (AvgIpc) is 2.71. The second-order valence-electron chi connectivity index (χ2n) is 3.29. The molecule has 0 bridgehead atoms. The zero-order valence-corrected chi connectivity index (χ0v) is 13.5. The van der Waals surface area contributed by atoms with Crippen molar-refractivity contribution in [1.29, 1.82) is 0 Å². The highest BCUT2D eigenvalue weighted by molar-refractivity contribution is 9.11. The Morgan fingerprint density at radius 3 is 2.50 bits per heavy atom. The maximum Gasteiger partial charge on any atom is 0.271 e. The van der Waals surface area contributed by atoms with Gasteiger partial charge in [-0.2, -0.15) is 0 Å². The number of hydrogen-bond donors (Lipinski definition) is 1. The summed E-state index contributed by atoms with van der Waals surface area (Å²) < 4.78 is 41.0. The van der Waals surface area contributed by atoms with Crippen LogP contribution in [0.3, 0.4) is 0 Å². The van der Waals surface area contributed by atoms with Gasteiger partial charge < -0.3 is 0 Å². The van der Waals surface area contributed by atoms with Crippen molar-refractivity contribution in [3.05, 3.63) is 44.4 Å². The van der Waals surface area contributed by atoms with Crippen molar-refractivity contribution in [2.24, 2.45) is 0 Å². The first-order chi connectivity index (χ1) is 8.38. The summed E-state index contributed by atoms with van der Waals surface area (Å²) in [6, 6.07) is 7.13. The molecule has 0 saturated heterocycles. The van der Waals surface area contributed by atoms with Crippen LogP contribution in [0.1, 0.15) is 0 Å². The molecule has 2 rings (SSSR count). The summed E-state index contributed by atoms with van der Waals surface area (Å²) in [6.07, 6.45) is 0. The molecule has 96 valence electrons. The molecular formula is C10H6Br2FNO2S2. The van der Waals surface area contributed by atoms with Gasteiger partial charge in [-0.05, 0) is 46.3 Å². The van der Waals surface area contributed by atoms with Gasteiger partial charge in [0.2, 0.25) is 0 Å². The van der Waals surface area contributed by atoms with Gasteiger partial charge in [0.1, 0.15) is 10.0 Å². The lowest BCUT2D eigenvalue weighted by Crippen LogP contribution is -2.12. The lowest BCUT2D eigenvalue weighted by atomic mass is 10.3. The molecule has 0 aliphatic heterocycles. The van der Waals surface area contributed by atoms with E-state index in [0.717, 1.165) is 11.3 Å². The van der Waals surface area contributed by atoms with Crippen molar-refractivity contribution in [1.82, 2.24) is 0 Å². The van der Waals surface area contributed by atoms with Crippen LogP contribution in [0.15, 0.2) is 42.8 Å². The number of benzene rings is 1.